The molecule has 0 aliphatic rings. The highest BCUT2D eigenvalue weighted by atomic mass is 32.2. The molecule has 0 spiro atoms. The second kappa shape index (κ2) is 7.59. The normalized spacial score (nSPS) is 9.26. The average molecular weight is 280 g/mol. The van der Waals surface area contributed by atoms with E-state index in [-0.39, 0.29) is 5.12 Å². The Morgan fingerprint density at radius 3 is 2.16 bits per heavy atom. The molecule has 0 saturated heterocycles. The van der Waals surface area contributed by atoms with Gasteiger partial charge in [-0.3, -0.25) is 4.79 Å². The van der Waals surface area contributed by atoms with E-state index in [1.54, 1.807) is 33.5 Å². The van der Waals surface area contributed by atoms with Gasteiger partial charge >= 0.3 is 0 Å². The van der Waals surface area contributed by atoms with Gasteiger partial charge in [-0.2, -0.15) is 0 Å². The topological polar surface area (TPSA) is 44.8 Å². The van der Waals surface area contributed by atoms with Crippen LogP contribution in [0.5, 0.6) is 17.2 Å². The molecule has 0 aliphatic carbocycles. The summed E-state index contributed by atoms with van der Waals surface area (Å²) in [6.45, 7) is 1.52. The first-order valence-electron chi connectivity index (χ1n) is 5.54. The van der Waals surface area contributed by atoms with Crippen molar-refractivity contribution in [1.29, 1.82) is 0 Å². The molecular formula is C14H16O4S. The van der Waals surface area contributed by atoms with E-state index in [9.17, 15) is 4.79 Å². The Morgan fingerprint density at radius 2 is 1.74 bits per heavy atom. The summed E-state index contributed by atoms with van der Waals surface area (Å²) in [5, 5.41) is 0.0548. The zero-order chi connectivity index (χ0) is 14.3. The fraction of sp³-hybridized carbons (Fsp3) is 0.357. The summed E-state index contributed by atoms with van der Waals surface area (Å²) < 4.78 is 15.7. The Balaban J connectivity index is 2.99. The Bertz CT molecular complexity index is 489. The summed E-state index contributed by atoms with van der Waals surface area (Å²) >= 11 is 1.18. The largest absolute Gasteiger partial charge is 0.493 e. The van der Waals surface area contributed by atoms with Gasteiger partial charge in [0, 0.05) is 12.5 Å². The van der Waals surface area contributed by atoms with Gasteiger partial charge in [-0.05, 0) is 12.1 Å². The molecule has 0 unspecified atom stereocenters. The molecule has 0 N–H and O–H groups in total. The number of hydrogen-bond acceptors (Lipinski definition) is 5. The van der Waals surface area contributed by atoms with E-state index in [4.69, 9.17) is 14.2 Å². The maximum Gasteiger partial charge on any atom is 0.203 e. The Kier molecular flexibility index (Phi) is 6.10. The van der Waals surface area contributed by atoms with E-state index in [1.807, 2.05) is 0 Å². The van der Waals surface area contributed by atoms with Crippen molar-refractivity contribution in [2.75, 3.05) is 27.1 Å². The highest BCUT2D eigenvalue weighted by molar-refractivity contribution is 8.13. The predicted octanol–water partition coefficient (Wildman–Crippen LogP) is 2.34. The van der Waals surface area contributed by atoms with Crippen molar-refractivity contribution in [3.63, 3.8) is 0 Å². The smallest absolute Gasteiger partial charge is 0.203 e. The van der Waals surface area contributed by atoms with Gasteiger partial charge in [-0.25, -0.2) is 0 Å². The molecule has 102 valence electrons. The van der Waals surface area contributed by atoms with Crippen molar-refractivity contribution in [2.45, 2.75) is 6.92 Å². The molecule has 4 nitrogen and oxygen atoms in total. The summed E-state index contributed by atoms with van der Waals surface area (Å²) in [5.74, 6) is 8.00. The van der Waals surface area contributed by atoms with Crippen LogP contribution in [0.4, 0.5) is 0 Å². The van der Waals surface area contributed by atoms with Crippen LogP contribution in [0.25, 0.3) is 0 Å². The maximum absolute atomic E-state index is 10.8. The summed E-state index contributed by atoms with van der Waals surface area (Å²) in [4.78, 5) is 10.8. The van der Waals surface area contributed by atoms with Crippen LogP contribution in [0.1, 0.15) is 12.5 Å². The third-order valence-corrected chi connectivity index (χ3v) is 2.94. The van der Waals surface area contributed by atoms with Crippen LogP contribution < -0.4 is 14.2 Å². The first-order chi connectivity index (χ1) is 9.12. The van der Waals surface area contributed by atoms with Crippen molar-refractivity contribution >= 4 is 16.9 Å². The number of hydrogen-bond donors (Lipinski definition) is 0. The van der Waals surface area contributed by atoms with Crippen molar-refractivity contribution in [1.82, 2.24) is 0 Å². The number of methoxy groups -OCH3 is 3. The van der Waals surface area contributed by atoms with Crippen LogP contribution in [-0.4, -0.2) is 32.2 Å². The molecule has 0 atom stereocenters. The summed E-state index contributed by atoms with van der Waals surface area (Å²) in [7, 11) is 4.66. The van der Waals surface area contributed by atoms with E-state index < -0.39 is 0 Å². The van der Waals surface area contributed by atoms with Crippen molar-refractivity contribution in [3.05, 3.63) is 17.7 Å². The lowest BCUT2D eigenvalue weighted by atomic mass is 10.2. The van der Waals surface area contributed by atoms with Crippen LogP contribution in [0, 0.1) is 11.8 Å². The zero-order valence-electron chi connectivity index (χ0n) is 11.4. The number of carbonyl (C=O) groups is 1. The van der Waals surface area contributed by atoms with Gasteiger partial charge in [-0.15, -0.1) is 0 Å². The van der Waals surface area contributed by atoms with Crippen molar-refractivity contribution in [3.8, 4) is 29.1 Å². The number of rotatable bonds is 4. The van der Waals surface area contributed by atoms with Gasteiger partial charge in [0.15, 0.2) is 16.6 Å². The second-order valence-corrected chi connectivity index (χ2v) is 4.65. The minimum atomic E-state index is 0.0548. The first-order valence-corrected chi connectivity index (χ1v) is 6.53. The third-order valence-electron chi connectivity index (χ3n) is 2.25. The number of ether oxygens (including phenoxy) is 3. The average Bonchev–Trinajstić information content (AvgIpc) is 2.42. The molecule has 19 heavy (non-hydrogen) atoms. The molecule has 0 heterocycles. The lowest BCUT2D eigenvalue weighted by Gasteiger charge is -2.12. The fourth-order valence-electron chi connectivity index (χ4n) is 1.43. The van der Waals surface area contributed by atoms with Crippen LogP contribution in [-0.2, 0) is 4.79 Å². The van der Waals surface area contributed by atoms with Gasteiger partial charge in [0.2, 0.25) is 5.75 Å². The van der Waals surface area contributed by atoms with Crippen LogP contribution >= 0.6 is 11.8 Å². The Morgan fingerprint density at radius 1 is 1.16 bits per heavy atom. The molecule has 5 heteroatoms. The van der Waals surface area contributed by atoms with E-state index in [0.717, 1.165) is 5.56 Å². The van der Waals surface area contributed by atoms with Gasteiger partial charge < -0.3 is 14.2 Å². The van der Waals surface area contributed by atoms with Gasteiger partial charge in [-0.1, -0.05) is 23.6 Å². The third kappa shape index (κ3) is 4.42. The number of carbonyl (C=O) groups excluding carboxylic acids is 1. The molecule has 0 radical (unpaired) electrons. The quantitative estimate of drug-likeness (QED) is 0.792. The van der Waals surface area contributed by atoms with Crippen LogP contribution in [0.2, 0.25) is 0 Å². The first kappa shape index (κ1) is 15.3. The van der Waals surface area contributed by atoms with E-state index >= 15 is 0 Å². The Hall–Kier alpha value is -1.80. The van der Waals surface area contributed by atoms with Crippen LogP contribution in [0.3, 0.4) is 0 Å². The highest BCUT2D eigenvalue weighted by Crippen LogP contribution is 2.37. The fourth-order valence-corrected chi connectivity index (χ4v) is 1.78. The molecule has 0 aliphatic heterocycles. The second-order valence-electron chi connectivity index (χ2n) is 3.50. The van der Waals surface area contributed by atoms with E-state index in [0.29, 0.717) is 23.0 Å². The standard InChI is InChI=1S/C14H16O4S/c1-10(15)19-7-5-6-11-8-12(16-2)14(18-4)13(9-11)17-3/h8-9H,7H2,1-4H3. The minimum Gasteiger partial charge on any atom is -0.493 e. The molecule has 0 saturated carbocycles. The molecule has 0 aromatic heterocycles. The lowest BCUT2D eigenvalue weighted by Crippen LogP contribution is -1.95. The molecule has 1 aromatic rings. The maximum atomic E-state index is 10.8. The number of benzene rings is 1. The summed E-state index contributed by atoms with van der Waals surface area (Å²) in [5.41, 5.74) is 0.749. The monoisotopic (exact) mass is 280 g/mol. The Labute approximate surface area is 117 Å². The molecule has 1 rings (SSSR count). The van der Waals surface area contributed by atoms with Crippen molar-refractivity contribution < 1.29 is 19.0 Å². The minimum absolute atomic E-state index is 0.0548. The van der Waals surface area contributed by atoms with Crippen LogP contribution in [0.15, 0.2) is 12.1 Å². The summed E-state index contributed by atoms with van der Waals surface area (Å²) in [6, 6.07) is 3.54. The molecule has 0 bridgehead atoms. The lowest BCUT2D eigenvalue weighted by molar-refractivity contribution is -0.109. The van der Waals surface area contributed by atoms with Gasteiger partial charge in [0.05, 0.1) is 27.1 Å². The van der Waals surface area contributed by atoms with Crippen molar-refractivity contribution in [2.24, 2.45) is 0 Å². The number of thioether (sulfide) groups is 1. The summed E-state index contributed by atoms with van der Waals surface area (Å²) in [6.07, 6.45) is 0. The molecular weight excluding hydrogens is 264 g/mol. The zero-order valence-corrected chi connectivity index (χ0v) is 12.2. The predicted molar refractivity (Wildman–Crippen MR) is 76.1 cm³/mol. The molecule has 0 amide bonds. The molecule has 0 fully saturated rings. The SMILES string of the molecule is COc1cc(C#CCSC(C)=O)cc(OC)c1OC. The van der Waals surface area contributed by atoms with Gasteiger partial charge in [0.25, 0.3) is 0 Å². The van der Waals surface area contributed by atoms with E-state index in [1.165, 1.54) is 18.7 Å². The van der Waals surface area contributed by atoms with Gasteiger partial charge in [0.1, 0.15) is 0 Å². The van der Waals surface area contributed by atoms with E-state index in [2.05, 4.69) is 11.8 Å². The molecule has 1 aromatic carbocycles. The highest BCUT2D eigenvalue weighted by Gasteiger charge is 2.12.